The van der Waals surface area contributed by atoms with Crippen molar-refractivity contribution in [3.63, 3.8) is 0 Å². The van der Waals surface area contributed by atoms with Crippen LogP contribution in [0, 0.1) is 0 Å². The molecule has 0 aliphatic heterocycles. The topological polar surface area (TPSA) is 32.7 Å². The van der Waals surface area contributed by atoms with Gasteiger partial charge in [-0.1, -0.05) is 18.2 Å². The highest BCUT2D eigenvalue weighted by Crippen LogP contribution is 2.26. The number of hydrogen-bond acceptors (Lipinski definition) is 3. The van der Waals surface area contributed by atoms with E-state index in [2.05, 4.69) is 31.0 Å². The highest BCUT2D eigenvalue weighted by molar-refractivity contribution is 5.33. The zero-order chi connectivity index (χ0) is 14.5. The van der Waals surface area contributed by atoms with E-state index in [0.717, 1.165) is 37.9 Å². The smallest absolute Gasteiger partial charge is 0.122 e. The van der Waals surface area contributed by atoms with Crippen molar-refractivity contribution in [2.24, 2.45) is 0 Å². The summed E-state index contributed by atoms with van der Waals surface area (Å²) in [6.45, 7) is 2.28. The molecule has 1 aromatic rings. The van der Waals surface area contributed by atoms with Crippen LogP contribution in [0.15, 0.2) is 24.3 Å². The highest BCUT2D eigenvalue weighted by atomic mass is 16.5. The molecule has 1 fully saturated rings. The van der Waals surface area contributed by atoms with E-state index < -0.39 is 0 Å². The predicted octanol–water partition coefficient (Wildman–Crippen LogP) is 2.86. The molecule has 1 aliphatic carbocycles. The zero-order valence-electron chi connectivity index (χ0n) is 12.9. The number of nitrogens with zero attached hydrogens (tertiary/aromatic N) is 1. The normalized spacial score (nSPS) is 24.6. The minimum absolute atomic E-state index is 0.0795. The lowest BCUT2D eigenvalue weighted by atomic mass is 9.91. The van der Waals surface area contributed by atoms with Gasteiger partial charge in [0.25, 0.3) is 0 Å². The van der Waals surface area contributed by atoms with Crippen LogP contribution in [0.25, 0.3) is 0 Å². The van der Waals surface area contributed by atoms with Crippen LogP contribution >= 0.6 is 0 Å². The second kappa shape index (κ2) is 7.09. The van der Waals surface area contributed by atoms with Gasteiger partial charge in [-0.3, -0.25) is 0 Å². The molecular formula is C17H27NO2. The largest absolute Gasteiger partial charge is 0.496 e. The van der Waals surface area contributed by atoms with Gasteiger partial charge in [0, 0.05) is 12.1 Å². The molecule has 1 N–H and O–H groups in total. The van der Waals surface area contributed by atoms with Gasteiger partial charge in [0.15, 0.2) is 0 Å². The summed E-state index contributed by atoms with van der Waals surface area (Å²) in [5.41, 5.74) is 1.27. The molecule has 0 saturated heterocycles. The van der Waals surface area contributed by atoms with Crippen LogP contribution in [0.3, 0.4) is 0 Å². The molecule has 20 heavy (non-hydrogen) atoms. The average Bonchev–Trinajstić information content (AvgIpc) is 2.48. The summed E-state index contributed by atoms with van der Waals surface area (Å²) in [7, 11) is 3.94. The lowest BCUT2D eigenvalue weighted by Crippen LogP contribution is -2.42. The second-order valence-electron chi connectivity index (χ2n) is 5.99. The van der Waals surface area contributed by atoms with Crippen molar-refractivity contribution in [2.75, 3.05) is 14.2 Å². The van der Waals surface area contributed by atoms with Crippen LogP contribution in [0.4, 0.5) is 0 Å². The van der Waals surface area contributed by atoms with Gasteiger partial charge in [-0.2, -0.15) is 0 Å². The van der Waals surface area contributed by atoms with Gasteiger partial charge in [-0.15, -0.1) is 0 Å². The minimum Gasteiger partial charge on any atom is -0.496 e. The van der Waals surface area contributed by atoms with E-state index in [1.54, 1.807) is 7.11 Å². The van der Waals surface area contributed by atoms with Gasteiger partial charge in [0.05, 0.1) is 13.2 Å². The van der Waals surface area contributed by atoms with Gasteiger partial charge < -0.3 is 14.7 Å². The third-order valence-corrected chi connectivity index (χ3v) is 4.65. The standard InChI is InChI=1S/C17H27NO2/c1-13(12-14-6-4-5-7-17(14)20-3)18(2)15-8-10-16(19)11-9-15/h4-7,13,15-16,19H,8-12H2,1-3H3. The van der Waals surface area contributed by atoms with Crippen LogP contribution in [0.1, 0.15) is 38.2 Å². The molecule has 3 nitrogen and oxygen atoms in total. The first kappa shape index (κ1) is 15.3. The Kier molecular flexibility index (Phi) is 5.44. The van der Waals surface area contributed by atoms with Crippen molar-refractivity contribution < 1.29 is 9.84 Å². The number of benzene rings is 1. The summed E-state index contributed by atoms with van der Waals surface area (Å²) in [6.07, 6.45) is 5.01. The molecule has 1 unspecified atom stereocenters. The van der Waals surface area contributed by atoms with E-state index >= 15 is 0 Å². The predicted molar refractivity (Wildman–Crippen MR) is 82.2 cm³/mol. The van der Waals surface area contributed by atoms with Gasteiger partial charge in [0.1, 0.15) is 5.75 Å². The van der Waals surface area contributed by atoms with E-state index in [1.807, 2.05) is 12.1 Å². The zero-order valence-corrected chi connectivity index (χ0v) is 12.9. The summed E-state index contributed by atoms with van der Waals surface area (Å²) < 4.78 is 5.43. The third kappa shape index (κ3) is 3.74. The Hall–Kier alpha value is -1.06. The molecule has 1 aliphatic rings. The van der Waals surface area contributed by atoms with Gasteiger partial charge >= 0.3 is 0 Å². The van der Waals surface area contributed by atoms with Gasteiger partial charge in [-0.25, -0.2) is 0 Å². The van der Waals surface area contributed by atoms with Crippen molar-refractivity contribution in [1.82, 2.24) is 4.90 Å². The maximum atomic E-state index is 9.62. The summed E-state index contributed by atoms with van der Waals surface area (Å²) in [5, 5.41) is 9.62. The number of hydrogen-bond donors (Lipinski definition) is 1. The SMILES string of the molecule is COc1ccccc1CC(C)N(C)C1CCC(O)CC1. The summed E-state index contributed by atoms with van der Waals surface area (Å²) in [4.78, 5) is 2.47. The fraction of sp³-hybridized carbons (Fsp3) is 0.647. The maximum Gasteiger partial charge on any atom is 0.122 e. The molecular weight excluding hydrogens is 250 g/mol. The first-order chi connectivity index (χ1) is 9.61. The molecule has 1 saturated carbocycles. The number of methoxy groups -OCH3 is 1. The number of aliphatic hydroxyl groups excluding tert-OH is 1. The molecule has 0 bridgehead atoms. The Morgan fingerprint density at radius 2 is 1.90 bits per heavy atom. The number of para-hydroxylation sites is 1. The van der Waals surface area contributed by atoms with Crippen LogP contribution in [-0.4, -0.2) is 42.4 Å². The van der Waals surface area contributed by atoms with E-state index in [9.17, 15) is 5.11 Å². The minimum atomic E-state index is -0.0795. The Morgan fingerprint density at radius 3 is 2.55 bits per heavy atom. The summed E-state index contributed by atoms with van der Waals surface area (Å²) in [5.74, 6) is 0.979. The van der Waals surface area contributed by atoms with Gasteiger partial charge in [-0.05, 0) is 57.7 Å². The van der Waals surface area contributed by atoms with E-state index in [0.29, 0.717) is 12.1 Å². The molecule has 112 valence electrons. The molecule has 1 aromatic carbocycles. The van der Waals surface area contributed by atoms with E-state index in [1.165, 1.54) is 5.56 Å². The number of rotatable bonds is 5. The van der Waals surface area contributed by atoms with Crippen LogP contribution in [0.5, 0.6) is 5.75 Å². The second-order valence-corrected chi connectivity index (χ2v) is 5.99. The fourth-order valence-corrected chi connectivity index (χ4v) is 3.16. The van der Waals surface area contributed by atoms with Crippen molar-refractivity contribution in [3.8, 4) is 5.75 Å². The quantitative estimate of drug-likeness (QED) is 0.898. The molecule has 0 aromatic heterocycles. The fourth-order valence-electron chi connectivity index (χ4n) is 3.16. The Bertz CT molecular complexity index is 413. The van der Waals surface area contributed by atoms with Crippen molar-refractivity contribution in [3.05, 3.63) is 29.8 Å². The highest BCUT2D eigenvalue weighted by Gasteiger charge is 2.25. The third-order valence-electron chi connectivity index (χ3n) is 4.65. The summed E-state index contributed by atoms with van der Waals surface area (Å²) >= 11 is 0. The average molecular weight is 277 g/mol. The molecule has 0 radical (unpaired) electrons. The maximum absolute atomic E-state index is 9.62. The first-order valence-electron chi connectivity index (χ1n) is 7.63. The number of likely N-dealkylation sites (N-methyl/N-ethyl adjacent to an activating group) is 1. The monoisotopic (exact) mass is 277 g/mol. The van der Waals surface area contributed by atoms with Crippen molar-refractivity contribution in [1.29, 1.82) is 0 Å². The van der Waals surface area contributed by atoms with Crippen LogP contribution in [0.2, 0.25) is 0 Å². The molecule has 1 atom stereocenters. The lowest BCUT2D eigenvalue weighted by molar-refractivity contribution is 0.0699. The van der Waals surface area contributed by atoms with Crippen LogP contribution in [-0.2, 0) is 6.42 Å². The molecule has 0 amide bonds. The van der Waals surface area contributed by atoms with Crippen molar-refractivity contribution in [2.45, 2.75) is 57.2 Å². The molecule has 0 spiro atoms. The first-order valence-corrected chi connectivity index (χ1v) is 7.63. The number of aliphatic hydroxyl groups is 1. The Labute approximate surface area is 122 Å². The molecule has 0 heterocycles. The molecule has 3 heteroatoms. The van der Waals surface area contributed by atoms with Crippen LogP contribution < -0.4 is 4.74 Å². The van der Waals surface area contributed by atoms with Crippen molar-refractivity contribution >= 4 is 0 Å². The van der Waals surface area contributed by atoms with E-state index in [-0.39, 0.29) is 6.10 Å². The number of ether oxygens (including phenoxy) is 1. The summed E-state index contributed by atoms with van der Waals surface area (Å²) in [6, 6.07) is 9.34. The lowest BCUT2D eigenvalue weighted by Gasteiger charge is -2.37. The Balaban J connectivity index is 1.95. The van der Waals surface area contributed by atoms with E-state index in [4.69, 9.17) is 4.74 Å². The van der Waals surface area contributed by atoms with Gasteiger partial charge in [0.2, 0.25) is 0 Å². The molecule has 2 rings (SSSR count). The Morgan fingerprint density at radius 1 is 1.25 bits per heavy atom.